The van der Waals surface area contributed by atoms with Gasteiger partial charge in [0, 0.05) is 12.7 Å². The third-order valence-corrected chi connectivity index (χ3v) is 3.83. The molecule has 1 spiro atoms. The Morgan fingerprint density at radius 1 is 1.47 bits per heavy atom. The number of amides is 3. The molecule has 6 heteroatoms. The minimum atomic E-state index is -0.736. The number of imide groups is 1. The molecule has 2 saturated heterocycles. The summed E-state index contributed by atoms with van der Waals surface area (Å²) >= 11 is 0. The molecule has 1 unspecified atom stereocenters. The molecule has 0 radical (unpaired) electrons. The van der Waals surface area contributed by atoms with E-state index in [9.17, 15) is 9.59 Å². The van der Waals surface area contributed by atoms with Crippen LogP contribution >= 0.6 is 0 Å². The van der Waals surface area contributed by atoms with Gasteiger partial charge >= 0.3 is 6.03 Å². The highest BCUT2D eigenvalue weighted by Crippen LogP contribution is 2.25. The summed E-state index contributed by atoms with van der Waals surface area (Å²) in [5, 5.41) is 5.94. The smallest absolute Gasteiger partial charge is 0.322 e. The van der Waals surface area contributed by atoms with Crippen molar-refractivity contribution in [1.82, 2.24) is 20.5 Å². The highest BCUT2D eigenvalue weighted by Gasteiger charge is 2.52. The van der Waals surface area contributed by atoms with Crippen molar-refractivity contribution in [2.24, 2.45) is 0 Å². The molecule has 3 heterocycles. The highest BCUT2D eigenvalue weighted by atomic mass is 16.2. The van der Waals surface area contributed by atoms with E-state index in [2.05, 4.69) is 15.6 Å². The van der Waals surface area contributed by atoms with E-state index in [0.717, 1.165) is 17.8 Å². The molecule has 1 atom stereocenters. The average molecular weight is 260 g/mol. The molecule has 3 rings (SSSR count). The fraction of sp³-hybridized carbons (Fsp3) is 0.462. The topological polar surface area (TPSA) is 74.3 Å². The van der Waals surface area contributed by atoms with Crippen molar-refractivity contribution >= 4 is 11.9 Å². The second-order valence-corrected chi connectivity index (χ2v) is 5.10. The number of aryl methyl sites for hydroxylation is 1. The van der Waals surface area contributed by atoms with Crippen LogP contribution in [0.4, 0.5) is 4.79 Å². The van der Waals surface area contributed by atoms with Crippen LogP contribution in [-0.2, 0) is 11.3 Å². The highest BCUT2D eigenvalue weighted by molar-refractivity contribution is 6.07. The van der Waals surface area contributed by atoms with Gasteiger partial charge in [0.1, 0.15) is 5.54 Å². The fourth-order valence-corrected chi connectivity index (χ4v) is 2.63. The zero-order valence-electron chi connectivity index (χ0n) is 10.8. The van der Waals surface area contributed by atoms with Gasteiger partial charge in [-0.3, -0.25) is 14.7 Å². The van der Waals surface area contributed by atoms with E-state index in [4.69, 9.17) is 0 Å². The molecule has 100 valence electrons. The second-order valence-electron chi connectivity index (χ2n) is 5.10. The lowest BCUT2D eigenvalue weighted by Crippen LogP contribution is -2.48. The molecule has 6 nitrogen and oxygen atoms in total. The van der Waals surface area contributed by atoms with Gasteiger partial charge < -0.3 is 10.6 Å². The molecule has 19 heavy (non-hydrogen) atoms. The van der Waals surface area contributed by atoms with Gasteiger partial charge in [0.05, 0.1) is 12.2 Å². The monoisotopic (exact) mass is 260 g/mol. The number of nitrogens with one attached hydrogen (secondary N) is 2. The maximum atomic E-state index is 12.4. The van der Waals surface area contributed by atoms with Gasteiger partial charge in [-0.05, 0) is 31.5 Å². The zero-order chi connectivity index (χ0) is 13.5. The molecule has 2 fully saturated rings. The number of aromatic nitrogens is 1. The molecule has 0 aliphatic carbocycles. The Kier molecular flexibility index (Phi) is 2.74. The molecule has 0 saturated carbocycles. The first-order chi connectivity index (χ1) is 9.12. The SMILES string of the molecule is Cc1cccnc1CN1C(=O)NC2(CCNC2)C1=O. The van der Waals surface area contributed by atoms with Gasteiger partial charge in [-0.25, -0.2) is 4.79 Å². The summed E-state index contributed by atoms with van der Waals surface area (Å²) in [6, 6.07) is 3.44. The Morgan fingerprint density at radius 2 is 2.32 bits per heavy atom. The first-order valence-electron chi connectivity index (χ1n) is 6.38. The lowest BCUT2D eigenvalue weighted by atomic mass is 9.99. The largest absolute Gasteiger partial charge is 0.325 e. The third kappa shape index (κ3) is 1.88. The first kappa shape index (κ1) is 12.1. The van der Waals surface area contributed by atoms with E-state index in [1.54, 1.807) is 6.20 Å². The number of carbonyl (C=O) groups is 2. The number of pyridine rings is 1. The fourth-order valence-electron chi connectivity index (χ4n) is 2.63. The molecular formula is C13H16N4O2. The number of rotatable bonds is 2. The Balaban J connectivity index is 1.84. The summed E-state index contributed by atoms with van der Waals surface area (Å²) in [7, 11) is 0. The normalized spacial score (nSPS) is 26.3. The molecule has 1 aromatic heterocycles. The van der Waals surface area contributed by atoms with Crippen LogP contribution in [-0.4, -0.2) is 40.5 Å². The molecular weight excluding hydrogens is 244 g/mol. The number of carbonyl (C=O) groups excluding carboxylic acids is 2. The first-order valence-corrected chi connectivity index (χ1v) is 6.38. The van der Waals surface area contributed by atoms with Crippen molar-refractivity contribution in [3.8, 4) is 0 Å². The van der Waals surface area contributed by atoms with Crippen LogP contribution in [0.25, 0.3) is 0 Å². The number of hydrogen-bond acceptors (Lipinski definition) is 4. The van der Waals surface area contributed by atoms with Crippen LogP contribution in [0.5, 0.6) is 0 Å². The second kappa shape index (κ2) is 4.31. The zero-order valence-corrected chi connectivity index (χ0v) is 10.8. The standard InChI is InChI=1S/C13H16N4O2/c1-9-3-2-5-15-10(9)7-17-11(18)13(16-12(17)19)4-6-14-8-13/h2-3,5,14H,4,6-8H2,1H3,(H,16,19). The van der Waals surface area contributed by atoms with E-state index in [0.29, 0.717) is 13.0 Å². The maximum Gasteiger partial charge on any atom is 0.325 e. The van der Waals surface area contributed by atoms with Crippen LogP contribution < -0.4 is 10.6 Å². The number of hydrogen-bond donors (Lipinski definition) is 2. The van der Waals surface area contributed by atoms with Gasteiger partial charge in [-0.15, -0.1) is 0 Å². The Morgan fingerprint density at radius 3 is 3.00 bits per heavy atom. The van der Waals surface area contributed by atoms with Gasteiger partial charge in [-0.1, -0.05) is 6.07 Å². The molecule has 1 aromatic rings. The Labute approximate surface area is 111 Å². The van der Waals surface area contributed by atoms with Crippen molar-refractivity contribution in [2.45, 2.75) is 25.4 Å². The molecule has 2 aliphatic rings. The van der Waals surface area contributed by atoms with Gasteiger partial charge in [0.2, 0.25) is 0 Å². The predicted octanol–water partition coefficient (Wildman–Crippen LogP) is 0.174. The number of urea groups is 1. The van der Waals surface area contributed by atoms with Crippen molar-refractivity contribution < 1.29 is 9.59 Å². The van der Waals surface area contributed by atoms with Gasteiger partial charge in [0.25, 0.3) is 5.91 Å². The van der Waals surface area contributed by atoms with E-state index >= 15 is 0 Å². The van der Waals surface area contributed by atoms with Crippen LogP contribution in [0.15, 0.2) is 18.3 Å². The minimum Gasteiger partial charge on any atom is -0.322 e. The van der Waals surface area contributed by atoms with E-state index in [1.165, 1.54) is 4.90 Å². The Hall–Kier alpha value is -1.95. The van der Waals surface area contributed by atoms with Crippen LogP contribution in [0.1, 0.15) is 17.7 Å². The summed E-state index contributed by atoms with van der Waals surface area (Å²) in [6.45, 7) is 3.42. The van der Waals surface area contributed by atoms with Crippen molar-refractivity contribution in [1.29, 1.82) is 0 Å². The summed E-state index contributed by atoms with van der Waals surface area (Å²) in [5.74, 6) is -0.146. The molecule has 0 bridgehead atoms. The third-order valence-electron chi connectivity index (χ3n) is 3.83. The maximum absolute atomic E-state index is 12.4. The molecule has 2 aliphatic heterocycles. The van der Waals surface area contributed by atoms with Crippen LogP contribution in [0.2, 0.25) is 0 Å². The lowest BCUT2D eigenvalue weighted by Gasteiger charge is -2.19. The van der Waals surface area contributed by atoms with Crippen LogP contribution in [0.3, 0.4) is 0 Å². The molecule has 3 amide bonds. The average Bonchev–Trinajstić information content (AvgIpc) is 2.94. The summed E-state index contributed by atoms with van der Waals surface area (Å²) in [5.41, 5.74) is 1.00. The van der Waals surface area contributed by atoms with Gasteiger partial charge in [-0.2, -0.15) is 0 Å². The quantitative estimate of drug-likeness (QED) is 0.744. The predicted molar refractivity (Wildman–Crippen MR) is 68.3 cm³/mol. The van der Waals surface area contributed by atoms with Gasteiger partial charge in [0.15, 0.2) is 0 Å². The summed E-state index contributed by atoms with van der Waals surface area (Å²) < 4.78 is 0. The summed E-state index contributed by atoms with van der Waals surface area (Å²) in [6.07, 6.45) is 2.32. The Bertz CT molecular complexity index is 537. The van der Waals surface area contributed by atoms with E-state index < -0.39 is 5.54 Å². The molecule has 0 aromatic carbocycles. The van der Waals surface area contributed by atoms with E-state index in [1.807, 2.05) is 19.1 Å². The lowest BCUT2D eigenvalue weighted by molar-refractivity contribution is -0.131. The van der Waals surface area contributed by atoms with E-state index in [-0.39, 0.29) is 18.5 Å². The van der Waals surface area contributed by atoms with Crippen molar-refractivity contribution in [3.63, 3.8) is 0 Å². The minimum absolute atomic E-state index is 0.146. The number of nitrogens with zero attached hydrogens (tertiary/aromatic N) is 2. The summed E-state index contributed by atoms with van der Waals surface area (Å²) in [4.78, 5) is 29.9. The van der Waals surface area contributed by atoms with Crippen molar-refractivity contribution in [3.05, 3.63) is 29.6 Å². The van der Waals surface area contributed by atoms with Crippen LogP contribution in [0, 0.1) is 6.92 Å². The molecule has 2 N–H and O–H groups in total. The van der Waals surface area contributed by atoms with Crippen molar-refractivity contribution in [2.75, 3.05) is 13.1 Å².